The highest BCUT2D eigenvalue weighted by molar-refractivity contribution is 5.83. The van der Waals surface area contributed by atoms with Crippen LogP contribution in [-0.2, 0) is 0 Å². The van der Waals surface area contributed by atoms with Gasteiger partial charge in [-0.2, -0.15) is 0 Å². The number of nitrogens with two attached hydrogens (primary N) is 1. The molecule has 3 heteroatoms. The van der Waals surface area contributed by atoms with Crippen LogP contribution in [0.15, 0.2) is 35.1 Å². The second-order valence-electron chi connectivity index (χ2n) is 5.12. The minimum Gasteiger partial charge on any atom is -0.385 e. The third-order valence-corrected chi connectivity index (χ3v) is 3.93. The molecule has 0 aliphatic heterocycles. The first-order chi connectivity index (χ1) is 8.77. The molecule has 3 rings (SSSR count). The normalized spacial score (nSPS) is 17.1. The van der Waals surface area contributed by atoms with Crippen LogP contribution in [0.1, 0.15) is 38.1 Å². The van der Waals surface area contributed by atoms with Crippen LogP contribution in [0.4, 0.5) is 5.82 Å². The van der Waals surface area contributed by atoms with E-state index in [0.29, 0.717) is 5.82 Å². The molecule has 0 unspecified atom stereocenters. The van der Waals surface area contributed by atoms with Crippen LogP contribution >= 0.6 is 0 Å². The molecule has 1 aliphatic rings. The Morgan fingerprint density at radius 1 is 1.11 bits per heavy atom. The summed E-state index contributed by atoms with van der Waals surface area (Å²) < 4.78 is 1.81. The van der Waals surface area contributed by atoms with Crippen LogP contribution < -0.4 is 11.3 Å². The van der Waals surface area contributed by atoms with E-state index in [9.17, 15) is 4.79 Å². The lowest BCUT2D eigenvalue weighted by Gasteiger charge is -2.25. The first kappa shape index (κ1) is 11.3. The van der Waals surface area contributed by atoms with Gasteiger partial charge in [-0.15, -0.1) is 0 Å². The lowest BCUT2D eigenvalue weighted by atomic mass is 9.95. The Hall–Kier alpha value is -1.77. The number of aromatic nitrogens is 1. The Balaban J connectivity index is 2.19. The molecule has 2 N–H and O–H groups in total. The van der Waals surface area contributed by atoms with Gasteiger partial charge >= 0.3 is 0 Å². The summed E-state index contributed by atoms with van der Waals surface area (Å²) >= 11 is 0. The summed E-state index contributed by atoms with van der Waals surface area (Å²) in [7, 11) is 0. The van der Waals surface area contributed by atoms with Gasteiger partial charge in [0.2, 0.25) is 0 Å². The molecule has 1 aliphatic carbocycles. The second kappa shape index (κ2) is 4.48. The summed E-state index contributed by atoms with van der Waals surface area (Å²) in [6.07, 6.45) is 5.82. The number of pyridine rings is 1. The molecule has 0 saturated heterocycles. The number of nitrogen functional groups attached to an aromatic ring is 1. The summed E-state index contributed by atoms with van der Waals surface area (Å²) in [6, 6.07) is 9.88. The monoisotopic (exact) mass is 242 g/mol. The Morgan fingerprint density at radius 2 is 1.83 bits per heavy atom. The van der Waals surface area contributed by atoms with Crippen molar-refractivity contribution in [3.05, 3.63) is 40.7 Å². The number of benzene rings is 1. The van der Waals surface area contributed by atoms with Crippen molar-refractivity contribution in [1.82, 2.24) is 4.57 Å². The van der Waals surface area contributed by atoms with E-state index in [0.717, 1.165) is 23.6 Å². The molecule has 0 spiro atoms. The molecule has 94 valence electrons. The molecule has 1 aromatic heterocycles. The summed E-state index contributed by atoms with van der Waals surface area (Å²) in [4.78, 5) is 12.5. The summed E-state index contributed by atoms with van der Waals surface area (Å²) in [6.45, 7) is 0. The standard InChI is InChI=1S/C15H18N2O/c16-14-10-11-6-4-5-9-13(11)15(18)17(14)12-7-2-1-3-8-12/h4-6,9-10,12H,1-3,7-8,16H2. The largest absolute Gasteiger partial charge is 0.385 e. The van der Waals surface area contributed by atoms with Crippen molar-refractivity contribution in [1.29, 1.82) is 0 Å². The van der Waals surface area contributed by atoms with E-state index >= 15 is 0 Å². The van der Waals surface area contributed by atoms with Gasteiger partial charge in [0.25, 0.3) is 5.56 Å². The number of nitrogens with zero attached hydrogens (tertiary/aromatic N) is 1. The van der Waals surface area contributed by atoms with Crippen molar-refractivity contribution in [2.75, 3.05) is 5.73 Å². The minimum atomic E-state index is 0.0671. The van der Waals surface area contributed by atoms with Gasteiger partial charge in [0.15, 0.2) is 0 Å². The van der Waals surface area contributed by atoms with Crippen LogP contribution in [0.2, 0.25) is 0 Å². The van der Waals surface area contributed by atoms with Crippen LogP contribution in [-0.4, -0.2) is 4.57 Å². The molecule has 0 radical (unpaired) electrons. The smallest absolute Gasteiger partial charge is 0.260 e. The minimum absolute atomic E-state index is 0.0671. The summed E-state index contributed by atoms with van der Waals surface area (Å²) in [5.74, 6) is 0.602. The molecule has 1 aromatic carbocycles. The van der Waals surface area contributed by atoms with Gasteiger partial charge in [-0.3, -0.25) is 9.36 Å². The first-order valence-electron chi connectivity index (χ1n) is 6.67. The Kier molecular flexibility index (Phi) is 2.82. The molecule has 0 bridgehead atoms. The third kappa shape index (κ3) is 1.80. The Bertz CT molecular complexity index is 624. The number of hydrogen-bond donors (Lipinski definition) is 1. The van der Waals surface area contributed by atoms with E-state index in [2.05, 4.69) is 0 Å². The van der Waals surface area contributed by atoms with Crippen molar-refractivity contribution in [2.45, 2.75) is 38.1 Å². The highest BCUT2D eigenvalue weighted by atomic mass is 16.1. The van der Waals surface area contributed by atoms with Gasteiger partial charge in [-0.1, -0.05) is 37.5 Å². The van der Waals surface area contributed by atoms with Crippen LogP contribution in [0.5, 0.6) is 0 Å². The zero-order valence-electron chi connectivity index (χ0n) is 10.4. The first-order valence-corrected chi connectivity index (χ1v) is 6.67. The summed E-state index contributed by atoms with van der Waals surface area (Å²) in [5, 5.41) is 1.71. The van der Waals surface area contributed by atoms with E-state index < -0.39 is 0 Å². The van der Waals surface area contributed by atoms with Crippen LogP contribution in [0.3, 0.4) is 0 Å². The molecule has 18 heavy (non-hydrogen) atoms. The number of anilines is 1. The maximum absolute atomic E-state index is 12.5. The van der Waals surface area contributed by atoms with Crippen molar-refractivity contribution in [2.24, 2.45) is 0 Å². The van der Waals surface area contributed by atoms with Gasteiger partial charge in [0, 0.05) is 11.4 Å². The maximum atomic E-state index is 12.5. The van der Waals surface area contributed by atoms with E-state index in [4.69, 9.17) is 5.73 Å². The van der Waals surface area contributed by atoms with Gasteiger partial charge < -0.3 is 5.73 Å². The highest BCUT2D eigenvalue weighted by Crippen LogP contribution is 2.29. The fraction of sp³-hybridized carbons (Fsp3) is 0.400. The van der Waals surface area contributed by atoms with Gasteiger partial charge in [0.1, 0.15) is 5.82 Å². The number of hydrogen-bond acceptors (Lipinski definition) is 2. The fourth-order valence-corrected chi connectivity index (χ4v) is 3.01. The SMILES string of the molecule is Nc1cc2ccccc2c(=O)n1C1CCCCC1. The van der Waals surface area contributed by atoms with Crippen molar-refractivity contribution in [3.8, 4) is 0 Å². The molecule has 3 nitrogen and oxygen atoms in total. The fourth-order valence-electron chi connectivity index (χ4n) is 3.01. The Morgan fingerprint density at radius 3 is 2.61 bits per heavy atom. The molecule has 1 heterocycles. The average Bonchev–Trinajstić information content (AvgIpc) is 2.40. The number of rotatable bonds is 1. The van der Waals surface area contributed by atoms with Gasteiger partial charge in [0.05, 0.1) is 0 Å². The molecule has 0 atom stereocenters. The van der Waals surface area contributed by atoms with E-state index in [1.54, 1.807) is 0 Å². The van der Waals surface area contributed by atoms with Crippen LogP contribution in [0.25, 0.3) is 10.8 Å². The maximum Gasteiger partial charge on any atom is 0.260 e. The Labute approximate surface area is 106 Å². The van der Waals surface area contributed by atoms with E-state index in [-0.39, 0.29) is 11.6 Å². The second-order valence-corrected chi connectivity index (χ2v) is 5.12. The zero-order valence-corrected chi connectivity index (χ0v) is 10.4. The molecule has 0 amide bonds. The molecule has 1 saturated carbocycles. The topological polar surface area (TPSA) is 48.0 Å². The van der Waals surface area contributed by atoms with Crippen molar-refractivity contribution >= 4 is 16.6 Å². The quantitative estimate of drug-likeness (QED) is 0.835. The zero-order chi connectivity index (χ0) is 12.5. The van der Waals surface area contributed by atoms with Crippen LogP contribution in [0, 0.1) is 0 Å². The molecular formula is C15H18N2O. The molecular weight excluding hydrogens is 224 g/mol. The molecule has 1 fully saturated rings. The van der Waals surface area contributed by atoms with E-state index in [1.165, 1.54) is 19.3 Å². The highest BCUT2D eigenvalue weighted by Gasteiger charge is 2.19. The molecule has 2 aromatic rings. The summed E-state index contributed by atoms with van der Waals surface area (Å²) in [5.41, 5.74) is 6.15. The van der Waals surface area contributed by atoms with Crippen molar-refractivity contribution in [3.63, 3.8) is 0 Å². The average molecular weight is 242 g/mol. The van der Waals surface area contributed by atoms with Gasteiger partial charge in [-0.05, 0) is 30.4 Å². The van der Waals surface area contributed by atoms with Crippen molar-refractivity contribution < 1.29 is 0 Å². The lowest BCUT2D eigenvalue weighted by molar-refractivity contribution is 0.351. The van der Waals surface area contributed by atoms with E-state index in [1.807, 2.05) is 34.9 Å². The lowest BCUT2D eigenvalue weighted by Crippen LogP contribution is -2.28. The van der Waals surface area contributed by atoms with Gasteiger partial charge in [-0.25, -0.2) is 0 Å². The number of fused-ring (bicyclic) bond motifs is 1. The third-order valence-electron chi connectivity index (χ3n) is 3.93. The predicted molar refractivity (Wildman–Crippen MR) is 74.7 cm³/mol. The predicted octanol–water partition coefficient (Wildman–Crippen LogP) is 3.09.